The summed E-state index contributed by atoms with van der Waals surface area (Å²) in [4.78, 5) is 22.4. The molecule has 0 radical (unpaired) electrons. The van der Waals surface area contributed by atoms with Crippen molar-refractivity contribution in [2.24, 2.45) is 10.7 Å². The van der Waals surface area contributed by atoms with Crippen LogP contribution in [0.25, 0.3) is 0 Å². The fourth-order valence-corrected chi connectivity index (χ4v) is 2.28. The predicted molar refractivity (Wildman–Crippen MR) is 104 cm³/mol. The Morgan fingerprint density at radius 3 is 2.96 bits per heavy atom. The van der Waals surface area contributed by atoms with Gasteiger partial charge in [-0.1, -0.05) is 23.7 Å². The van der Waals surface area contributed by atoms with Gasteiger partial charge in [0.05, 0.1) is 19.0 Å². The monoisotopic (exact) mass is 408 g/mol. The highest BCUT2D eigenvalue weighted by atomic mass is 35.5. The lowest BCUT2D eigenvalue weighted by Gasteiger charge is -2.12. The number of aliphatic imine (C=N–C) groups is 1. The third-order valence-corrected chi connectivity index (χ3v) is 3.61. The molecule has 148 valence electrons. The van der Waals surface area contributed by atoms with E-state index in [1.54, 1.807) is 12.1 Å². The van der Waals surface area contributed by atoms with Gasteiger partial charge in [-0.3, -0.25) is 9.79 Å². The number of aromatic nitrogens is 2. The second-order valence-corrected chi connectivity index (χ2v) is 5.69. The number of methoxy groups -OCH3 is 1. The number of para-hydroxylation sites is 1. The van der Waals surface area contributed by atoms with Gasteiger partial charge in [0.2, 0.25) is 5.95 Å². The number of nitrogens with two attached hydrogens (primary N) is 1. The largest absolute Gasteiger partial charge is 0.493 e. The Labute approximate surface area is 165 Å². The molecule has 0 atom stereocenters. The number of ether oxygens (including phenoxy) is 1. The van der Waals surface area contributed by atoms with E-state index in [2.05, 4.69) is 25.6 Å². The molecule has 0 spiro atoms. The van der Waals surface area contributed by atoms with Crippen molar-refractivity contribution in [1.82, 2.24) is 9.97 Å². The molecular weight excluding hydrogens is 391 g/mol. The molecule has 0 saturated heterocycles. The van der Waals surface area contributed by atoms with Crippen LogP contribution in [0, 0.1) is 5.82 Å². The Morgan fingerprint density at radius 1 is 1.50 bits per heavy atom. The second kappa shape index (κ2) is 10.1. The number of benzene rings is 1. The zero-order valence-corrected chi connectivity index (χ0v) is 15.6. The van der Waals surface area contributed by atoms with Crippen LogP contribution in [0.2, 0.25) is 5.02 Å². The first kappa shape index (κ1) is 20.9. The van der Waals surface area contributed by atoms with Gasteiger partial charge in [-0.2, -0.15) is 4.98 Å². The Kier molecular flexibility index (Phi) is 7.52. The molecule has 5 N–H and O–H groups in total. The second-order valence-electron chi connectivity index (χ2n) is 5.29. The summed E-state index contributed by atoms with van der Waals surface area (Å²) in [6.45, 7) is -0.195. The first-order chi connectivity index (χ1) is 13.4. The lowest BCUT2D eigenvalue weighted by Crippen LogP contribution is -2.10. The number of carbonyl (C=O) groups is 1. The number of aliphatic carboxylic acids is 1. The number of halogens is 2. The topological polar surface area (TPSA) is 135 Å². The van der Waals surface area contributed by atoms with Gasteiger partial charge < -0.3 is 26.2 Å². The Hall–Kier alpha value is -3.40. The normalized spacial score (nSPS) is 11.5. The van der Waals surface area contributed by atoms with Gasteiger partial charge >= 0.3 is 5.97 Å². The minimum Gasteiger partial charge on any atom is -0.493 e. The van der Waals surface area contributed by atoms with Gasteiger partial charge in [0.1, 0.15) is 11.6 Å². The minimum absolute atomic E-state index is 0.126. The lowest BCUT2D eigenvalue weighted by molar-refractivity contribution is -0.135. The van der Waals surface area contributed by atoms with Gasteiger partial charge in [0.15, 0.2) is 17.4 Å². The van der Waals surface area contributed by atoms with Gasteiger partial charge in [-0.25, -0.2) is 9.37 Å². The van der Waals surface area contributed by atoms with E-state index in [9.17, 15) is 9.18 Å². The number of allylic oxidation sites excluding steroid dienone is 1. The molecule has 0 amide bonds. The molecule has 0 unspecified atom stereocenters. The molecule has 1 aromatic carbocycles. The zero-order chi connectivity index (χ0) is 20.5. The standard InChI is InChI=1S/C17H18ClFN6O3/c1-28-15-10(3-2-4-13(15)19)6-22-16-12(18)8-23-17(25-16)24-11(5-20)7-21-9-14(26)27/h2-5,7-8H,6,9,20H2,1H3,(H,26,27)(H2,22,23,24,25). The molecule has 2 rings (SSSR count). The van der Waals surface area contributed by atoms with E-state index < -0.39 is 18.3 Å². The number of rotatable bonds is 9. The third kappa shape index (κ3) is 5.81. The Bertz CT molecular complexity index is 906. The van der Waals surface area contributed by atoms with Crippen molar-refractivity contribution in [2.45, 2.75) is 6.54 Å². The van der Waals surface area contributed by atoms with Gasteiger partial charge in [0, 0.05) is 24.5 Å². The van der Waals surface area contributed by atoms with Crippen molar-refractivity contribution in [1.29, 1.82) is 0 Å². The Balaban J connectivity index is 2.12. The number of nitrogens with zero attached hydrogens (tertiary/aromatic N) is 3. The highest BCUT2D eigenvalue weighted by Gasteiger charge is 2.11. The molecule has 0 aliphatic carbocycles. The summed E-state index contributed by atoms with van der Waals surface area (Å²) in [6, 6.07) is 4.57. The average Bonchev–Trinajstić information content (AvgIpc) is 2.67. The first-order valence-electron chi connectivity index (χ1n) is 7.93. The van der Waals surface area contributed by atoms with Crippen LogP contribution in [-0.2, 0) is 11.3 Å². The van der Waals surface area contributed by atoms with E-state index in [0.717, 1.165) is 0 Å². The van der Waals surface area contributed by atoms with Crippen molar-refractivity contribution in [3.05, 3.63) is 52.7 Å². The van der Waals surface area contributed by atoms with E-state index in [4.69, 9.17) is 27.2 Å². The molecule has 0 saturated carbocycles. The fraction of sp³-hybridized carbons (Fsp3) is 0.176. The molecule has 2 aromatic rings. The number of carboxylic acids is 1. The van der Waals surface area contributed by atoms with Crippen LogP contribution in [0.5, 0.6) is 5.75 Å². The van der Waals surface area contributed by atoms with Gasteiger partial charge in [-0.05, 0) is 6.07 Å². The number of hydrogen-bond acceptors (Lipinski definition) is 8. The zero-order valence-electron chi connectivity index (χ0n) is 14.8. The predicted octanol–water partition coefficient (Wildman–Crippen LogP) is 2.26. The maximum atomic E-state index is 13.8. The van der Waals surface area contributed by atoms with Crippen molar-refractivity contribution in [3.63, 3.8) is 0 Å². The smallest absolute Gasteiger partial charge is 0.325 e. The minimum atomic E-state index is -1.07. The van der Waals surface area contributed by atoms with Crippen LogP contribution in [0.4, 0.5) is 16.2 Å². The number of nitrogens with one attached hydrogen (secondary N) is 2. The lowest BCUT2D eigenvalue weighted by atomic mass is 10.2. The van der Waals surface area contributed by atoms with Crippen molar-refractivity contribution >= 4 is 35.6 Å². The third-order valence-electron chi connectivity index (χ3n) is 3.34. The maximum Gasteiger partial charge on any atom is 0.325 e. The molecule has 0 fully saturated rings. The summed E-state index contributed by atoms with van der Waals surface area (Å²) in [7, 11) is 1.38. The summed E-state index contributed by atoms with van der Waals surface area (Å²) in [5.41, 5.74) is 6.35. The number of hydrogen-bond donors (Lipinski definition) is 4. The molecule has 9 nitrogen and oxygen atoms in total. The molecule has 28 heavy (non-hydrogen) atoms. The molecule has 1 heterocycles. The maximum absolute atomic E-state index is 13.8. The van der Waals surface area contributed by atoms with Crippen LogP contribution < -0.4 is 21.1 Å². The number of carboxylic acid groups (broad SMARTS) is 1. The molecule has 0 bridgehead atoms. The summed E-state index contributed by atoms with van der Waals surface area (Å²) in [5.74, 6) is -0.978. The molecule has 0 aliphatic rings. The quantitative estimate of drug-likeness (QED) is 0.464. The van der Waals surface area contributed by atoms with E-state index in [1.807, 2.05) is 0 Å². The van der Waals surface area contributed by atoms with Crippen LogP contribution in [0.1, 0.15) is 5.56 Å². The van der Waals surface area contributed by atoms with E-state index in [-0.39, 0.29) is 23.3 Å². The van der Waals surface area contributed by atoms with E-state index in [1.165, 1.54) is 31.8 Å². The van der Waals surface area contributed by atoms with Crippen LogP contribution in [-0.4, -0.2) is 40.9 Å². The summed E-state index contributed by atoms with van der Waals surface area (Å²) in [5, 5.41) is 14.6. The number of anilines is 2. The highest BCUT2D eigenvalue weighted by Crippen LogP contribution is 2.25. The summed E-state index contributed by atoms with van der Waals surface area (Å²) >= 11 is 6.10. The molecule has 11 heteroatoms. The van der Waals surface area contributed by atoms with Crippen molar-refractivity contribution < 1.29 is 19.0 Å². The van der Waals surface area contributed by atoms with Crippen LogP contribution >= 0.6 is 11.6 Å². The van der Waals surface area contributed by atoms with Crippen molar-refractivity contribution in [3.8, 4) is 5.75 Å². The average molecular weight is 409 g/mol. The molecular formula is C17H18ClFN6O3. The highest BCUT2D eigenvalue weighted by molar-refractivity contribution is 6.32. The first-order valence-corrected chi connectivity index (χ1v) is 8.30. The van der Waals surface area contributed by atoms with Gasteiger partial charge in [0.25, 0.3) is 0 Å². The van der Waals surface area contributed by atoms with E-state index in [0.29, 0.717) is 17.1 Å². The van der Waals surface area contributed by atoms with Crippen molar-refractivity contribution in [2.75, 3.05) is 24.3 Å². The SMILES string of the molecule is COc1c(F)cccc1CNc1nc(NC(C=NCC(=O)O)=CN)ncc1Cl. The van der Waals surface area contributed by atoms with Gasteiger partial charge in [-0.15, -0.1) is 0 Å². The summed E-state index contributed by atoms with van der Waals surface area (Å²) in [6.07, 6.45) is 3.80. The van der Waals surface area contributed by atoms with E-state index >= 15 is 0 Å². The van der Waals surface area contributed by atoms with Crippen LogP contribution in [0.15, 0.2) is 41.3 Å². The fourth-order valence-electron chi connectivity index (χ4n) is 2.12. The summed E-state index contributed by atoms with van der Waals surface area (Å²) < 4.78 is 18.8. The molecule has 1 aromatic heterocycles. The Morgan fingerprint density at radius 2 is 2.29 bits per heavy atom. The van der Waals surface area contributed by atoms with Crippen LogP contribution in [0.3, 0.4) is 0 Å². The molecule has 0 aliphatic heterocycles.